The van der Waals surface area contributed by atoms with E-state index in [1.165, 1.54) is 74.7 Å². The maximum absolute atomic E-state index is 2.46. The molecule has 0 aliphatic carbocycles. The molecule has 0 atom stereocenters. The van der Waals surface area contributed by atoms with E-state index >= 15 is 0 Å². The average Bonchev–Trinajstić information content (AvgIpc) is 3.56. The summed E-state index contributed by atoms with van der Waals surface area (Å²) in [6.45, 7) is 0. The summed E-state index contributed by atoms with van der Waals surface area (Å²) in [5, 5.41) is 10.0. The molecule has 0 fully saturated rings. The summed E-state index contributed by atoms with van der Waals surface area (Å²) in [4.78, 5) is 2.46. The summed E-state index contributed by atoms with van der Waals surface area (Å²) < 4.78 is 2.62. The standard InChI is InChI=1S/C48H31NS/c1-3-15-33(16-4-1)47-41-23-10-9-21-38(41)39-28-26-35(31-43(39)48(47)34-17-5-2-6-18-34)49(44-24-13-19-32-14-7-8-20-37(32)44)36-27-29-46-42(30-36)40-22-11-12-25-45(40)50-46/h1-31H. The Labute approximate surface area is 294 Å². The van der Waals surface area contributed by atoms with Crippen LogP contribution >= 0.6 is 11.3 Å². The molecule has 0 aliphatic heterocycles. The fourth-order valence-corrected chi connectivity index (χ4v) is 8.90. The van der Waals surface area contributed by atoms with Crippen LogP contribution in [-0.4, -0.2) is 0 Å². The van der Waals surface area contributed by atoms with Crippen molar-refractivity contribution in [1.29, 1.82) is 0 Å². The molecule has 0 N–H and O–H groups in total. The van der Waals surface area contributed by atoms with Gasteiger partial charge in [-0.3, -0.25) is 0 Å². The van der Waals surface area contributed by atoms with Gasteiger partial charge >= 0.3 is 0 Å². The molecule has 10 rings (SSSR count). The number of hydrogen-bond acceptors (Lipinski definition) is 2. The Morgan fingerprint density at radius 1 is 0.320 bits per heavy atom. The third-order valence-electron chi connectivity index (χ3n) is 10.0. The highest BCUT2D eigenvalue weighted by molar-refractivity contribution is 7.25. The van der Waals surface area contributed by atoms with Gasteiger partial charge in [0.2, 0.25) is 0 Å². The second-order valence-electron chi connectivity index (χ2n) is 12.9. The molecule has 9 aromatic carbocycles. The first kappa shape index (κ1) is 28.8. The van der Waals surface area contributed by atoms with Crippen LogP contribution < -0.4 is 4.90 Å². The molecule has 0 aliphatic rings. The quantitative estimate of drug-likeness (QED) is 0.167. The fourth-order valence-electron chi connectivity index (χ4n) is 7.81. The van der Waals surface area contributed by atoms with E-state index in [0.29, 0.717) is 0 Å². The van der Waals surface area contributed by atoms with Gasteiger partial charge in [0.15, 0.2) is 0 Å². The lowest BCUT2D eigenvalue weighted by Crippen LogP contribution is -2.10. The first-order chi connectivity index (χ1) is 24.8. The molecule has 0 bridgehead atoms. The predicted molar refractivity (Wildman–Crippen MR) is 217 cm³/mol. The zero-order chi connectivity index (χ0) is 33.0. The van der Waals surface area contributed by atoms with E-state index in [-0.39, 0.29) is 0 Å². The van der Waals surface area contributed by atoms with Gasteiger partial charge in [-0.05, 0) is 91.6 Å². The van der Waals surface area contributed by atoms with Gasteiger partial charge in [0.1, 0.15) is 0 Å². The van der Waals surface area contributed by atoms with Crippen molar-refractivity contribution in [3.8, 4) is 22.3 Å². The Balaban J connectivity index is 1.32. The summed E-state index contributed by atoms with van der Waals surface area (Å²) in [5.41, 5.74) is 8.37. The third kappa shape index (κ3) is 4.61. The van der Waals surface area contributed by atoms with Crippen molar-refractivity contribution in [2.75, 3.05) is 4.90 Å². The lowest BCUT2D eigenvalue weighted by atomic mass is 9.85. The Bertz CT molecular complexity index is 2860. The number of benzene rings is 9. The number of fused-ring (bicyclic) bond motifs is 7. The van der Waals surface area contributed by atoms with Crippen LogP contribution in [0, 0.1) is 0 Å². The number of nitrogens with zero attached hydrogens (tertiary/aromatic N) is 1. The number of thiophene rings is 1. The van der Waals surface area contributed by atoms with Crippen molar-refractivity contribution in [2.45, 2.75) is 0 Å². The lowest BCUT2D eigenvalue weighted by molar-refractivity contribution is 1.31. The smallest absolute Gasteiger partial charge is 0.0540 e. The largest absolute Gasteiger partial charge is 0.310 e. The zero-order valence-electron chi connectivity index (χ0n) is 27.3. The molecule has 2 heteroatoms. The van der Waals surface area contributed by atoms with Crippen LogP contribution in [0.4, 0.5) is 17.1 Å². The van der Waals surface area contributed by atoms with Crippen molar-refractivity contribution in [2.24, 2.45) is 0 Å². The second-order valence-corrected chi connectivity index (χ2v) is 14.0. The van der Waals surface area contributed by atoms with Crippen molar-refractivity contribution in [1.82, 2.24) is 0 Å². The van der Waals surface area contributed by atoms with Crippen molar-refractivity contribution in [3.05, 3.63) is 188 Å². The summed E-state index contributed by atoms with van der Waals surface area (Å²) in [6.07, 6.45) is 0. The first-order valence-electron chi connectivity index (χ1n) is 17.1. The van der Waals surface area contributed by atoms with Crippen LogP contribution in [0.2, 0.25) is 0 Å². The second kappa shape index (κ2) is 11.7. The molecule has 1 nitrogen and oxygen atoms in total. The lowest BCUT2D eigenvalue weighted by Gasteiger charge is -2.28. The van der Waals surface area contributed by atoms with Gasteiger partial charge in [0.25, 0.3) is 0 Å². The Kier molecular flexibility index (Phi) is 6.75. The van der Waals surface area contributed by atoms with Crippen LogP contribution in [0.15, 0.2) is 188 Å². The zero-order valence-corrected chi connectivity index (χ0v) is 28.1. The van der Waals surface area contributed by atoms with Gasteiger partial charge in [-0.25, -0.2) is 0 Å². The van der Waals surface area contributed by atoms with Gasteiger partial charge in [-0.2, -0.15) is 0 Å². The summed E-state index contributed by atoms with van der Waals surface area (Å²) in [7, 11) is 0. The molecule has 0 unspecified atom stereocenters. The van der Waals surface area contributed by atoms with E-state index in [1.807, 2.05) is 11.3 Å². The van der Waals surface area contributed by atoms with Crippen LogP contribution in [-0.2, 0) is 0 Å². The summed E-state index contributed by atoms with van der Waals surface area (Å²) in [6, 6.07) is 68.8. The minimum Gasteiger partial charge on any atom is -0.310 e. The van der Waals surface area contributed by atoms with Gasteiger partial charge < -0.3 is 4.90 Å². The van der Waals surface area contributed by atoms with E-state index in [1.54, 1.807) is 0 Å². The predicted octanol–water partition coefficient (Wildman–Crippen LogP) is 14.3. The maximum atomic E-state index is 2.46. The fraction of sp³-hybridized carbons (Fsp3) is 0. The van der Waals surface area contributed by atoms with Crippen LogP contribution in [0.25, 0.3) is 74.7 Å². The van der Waals surface area contributed by atoms with Crippen molar-refractivity contribution in [3.63, 3.8) is 0 Å². The van der Waals surface area contributed by atoms with Gasteiger partial charge in [0, 0.05) is 36.9 Å². The SMILES string of the molecule is c1ccc(-c2c(-c3ccccc3)c3cc(N(c4ccc5sc6ccccc6c5c4)c4cccc5ccccc45)ccc3c3ccccc23)cc1. The maximum Gasteiger partial charge on any atom is 0.0540 e. The van der Waals surface area contributed by atoms with Crippen LogP contribution in [0.5, 0.6) is 0 Å². The normalized spacial score (nSPS) is 11.6. The molecular formula is C48H31NS. The number of hydrogen-bond donors (Lipinski definition) is 0. The van der Waals surface area contributed by atoms with Crippen LogP contribution in [0.1, 0.15) is 0 Å². The molecule has 10 aromatic rings. The van der Waals surface area contributed by atoms with Crippen molar-refractivity contribution < 1.29 is 0 Å². The molecule has 50 heavy (non-hydrogen) atoms. The molecule has 0 spiro atoms. The van der Waals surface area contributed by atoms with Gasteiger partial charge in [0.05, 0.1) is 5.69 Å². The average molecular weight is 654 g/mol. The van der Waals surface area contributed by atoms with E-state index in [9.17, 15) is 0 Å². The molecule has 0 saturated heterocycles. The highest BCUT2D eigenvalue weighted by Gasteiger charge is 2.21. The summed E-state index contributed by atoms with van der Waals surface area (Å²) >= 11 is 1.86. The van der Waals surface area contributed by atoms with Crippen LogP contribution in [0.3, 0.4) is 0 Å². The molecular weight excluding hydrogens is 623 g/mol. The van der Waals surface area contributed by atoms with E-state index in [4.69, 9.17) is 0 Å². The topological polar surface area (TPSA) is 3.24 Å². The molecule has 1 heterocycles. The molecule has 1 aromatic heterocycles. The number of anilines is 3. The first-order valence-corrected chi connectivity index (χ1v) is 17.9. The van der Waals surface area contributed by atoms with E-state index in [0.717, 1.165) is 17.1 Å². The monoisotopic (exact) mass is 653 g/mol. The highest BCUT2D eigenvalue weighted by atomic mass is 32.1. The highest BCUT2D eigenvalue weighted by Crippen LogP contribution is 2.48. The Hall–Kier alpha value is -6.22. The van der Waals surface area contributed by atoms with Crippen molar-refractivity contribution >= 4 is 80.9 Å². The Morgan fingerprint density at radius 2 is 0.840 bits per heavy atom. The number of rotatable bonds is 5. The molecule has 0 radical (unpaired) electrons. The van der Waals surface area contributed by atoms with Gasteiger partial charge in [-0.1, -0.05) is 146 Å². The molecule has 0 saturated carbocycles. The Morgan fingerprint density at radius 3 is 1.60 bits per heavy atom. The summed E-state index contributed by atoms with van der Waals surface area (Å²) in [5.74, 6) is 0. The van der Waals surface area contributed by atoms with E-state index < -0.39 is 0 Å². The third-order valence-corrected chi connectivity index (χ3v) is 11.2. The molecule has 234 valence electrons. The minimum absolute atomic E-state index is 1.12. The van der Waals surface area contributed by atoms with Gasteiger partial charge in [-0.15, -0.1) is 11.3 Å². The molecule has 0 amide bonds. The van der Waals surface area contributed by atoms with E-state index in [2.05, 4.69) is 193 Å². The minimum atomic E-state index is 1.12.